The van der Waals surface area contributed by atoms with E-state index in [0.717, 1.165) is 10.9 Å². The molecule has 0 saturated carbocycles. The smallest absolute Gasteiger partial charge is 0.166 e. The van der Waals surface area contributed by atoms with Gasteiger partial charge in [-0.15, -0.1) is 0 Å². The first-order valence-corrected chi connectivity index (χ1v) is 6.64. The lowest BCUT2D eigenvalue weighted by Gasteiger charge is -2.11. The molecular weight excluding hydrogens is 269 g/mol. The molecule has 0 amide bonds. The third kappa shape index (κ3) is 2.71. The van der Waals surface area contributed by atoms with Crippen molar-refractivity contribution in [1.29, 1.82) is 0 Å². The maximum Gasteiger partial charge on any atom is 0.166 e. The SMILES string of the molecule is C[C@H](O)c1ccc(Oc2cccc3ncccc23)c(F)c1. The molecule has 0 aliphatic heterocycles. The summed E-state index contributed by atoms with van der Waals surface area (Å²) in [5.41, 5.74) is 1.30. The highest BCUT2D eigenvalue weighted by atomic mass is 19.1. The lowest BCUT2D eigenvalue weighted by Crippen LogP contribution is -1.95. The van der Waals surface area contributed by atoms with E-state index in [2.05, 4.69) is 4.98 Å². The first-order chi connectivity index (χ1) is 10.1. The van der Waals surface area contributed by atoms with Gasteiger partial charge in [-0.25, -0.2) is 4.39 Å². The number of halogens is 1. The highest BCUT2D eigenvalue weighted by Crippen LogP contribution is 2.31. The molecule has 3 nitrogen and oxygen atoms in total. The molecule has 1 heterocycles. The van der Waals surface area contributed by atoms with E-state index in [4.69, 9.17) is 4.74 Å². The van der Waals surface area contributed by atoms with E-state index in [1.807, 2.05) is 24.3 Å². The van der Waals surface area contributed by atoms with Gasteiger partial charge in [0, 0.05) is 11.6 Å². The lowest BCUT2D eigenvalue weighted by atomic mass is 10.1. The zero-order chi connectivity index (χ0) is 14.8. The molecule has 0 spiro atoms. The van der Waals surface area contributed by atoms with Crippen LogP contribution >= 0.6 is 0 Å². The zero-order valence-corrected chi connectivity index (χ0v) is 11.5. The van der Waals surface area contributed by atoms with Crippen LogP contribution in [-0.2, 0) is 0 Å². The summed E-state index contributed by atoms with van der Waals surface area (Å²) in [4.78, 5) is 4.24. The Kier molecular flexibility index (Phi) is 3.54. The van der Waals surface area contributed by atoms with Gasteiger partial charge < -0.3 is 9.84 Å². The number of pyridine rings is 1. The second-order valence-corrected chi connectivity index (χ2v) is 4.79. The Bertz CT molecular complexity index is 781. The van der Waals surface area contributed by atoms with Crippen molar-refractivity contribution in [1.82, 2.24) is 4.98 Å². The number of benzene rings is 2. The predicted octanol–water partition coefficient (Wildman–Crippen LogP) is 4.22. The van der Waals surface area contributed by atoms with Crippen LogP contribution in [0.4, 0.5) is 4.39 Å². The second kappa shape index (κ2) is 5.50. The van der Waals surface area contributed by atoms with Crippen LogP contribution in [0.5, 0.6) is 11.5 Å². The summed E-state index contributed by atoms with van der Waals surface area (Å²) in [6, 6.07) is 13.6. The van der Waals surface area contributed by atoms with Gasteiger partial charge in [-0.1, -0.05) is 12.1 Å². The highest BCUT2D eigenvalue weighted by Gasteiger charge is 2.10. The van der Waals surface area contributed by atoms with Gasteiger partial charge in [0.05, 0.1) is 11.6 Å². The Morgan fingerprint density at radius 2 is 1.95 bits per heavy atom. The minimum absolute atomic E-state index is 0.121. The number of aliphatic hydroxyl groups is 1. The van der Waals surface area contributed by atoms with Crippen molar-refractivity contribution in [3.63, 3.8) is 0 Å². The zero-order valence-electron chi connectivity index (χ0n) is 11.5. The number of aromatic nitrogens is 1. The molecule has 0 aliphatic carbocycles. The summed E-state index contributed by atoms with van der Waals surface area (Å²) in [6.45, 7) is 1.59. The molecule has 0 radical (unpaired) electrons. The summed E-state index contributed by atoms with van der Waals surface area (Å²) < 4.78 is 19.7. The quantitative estimate of drug-likeness (QED) is 0.782. The van der Waals surface area contributed by atoms with E-state index in [-0.39, 0.29) is 5.75 Å². The van der Waals surface area contributed by atoms with E-state index in [0.29, 0.717) is 11.3 Å². The van der Waals surface area contributed by atoms with Crippen LogP contribution in [0.3, 0.4) is 0 Å². The molecule has 1 N–H and O–H groups in total. The normalized spacial score (nSPS) is 12.3. The van der Waals surface area contributed by atoms with Crippen molar-refractivity contribution >= 4 is 10.9 Å². The fourth-order valence-electron chi connectivity index (χ4n) is 2.14. The molecule has 1 atom stereocenters. The molecule has 3 aromatic rings. The lowest BCUT2D eigenvalue weighted by molar-refractivity contribution is 0.198. The monoisotopic (exact) mass is 283 g/mol. The summed E-state index contributed by atoms with van der Waals surface area (Å²) in [7, 11) is 0. The molecule has 2 aromatic carbocycles. The van der Waals surface area contributed by atoms with Gasteiger partial charge in [-0.3, -0.25) is 4.98 Å². The molecule has 0 saturated heterocycles. The van der Waals surface area contributed by atoms with Gasteiger partial charge in [0.15, 0.2) is 11.6 Å². The van der Waals surface area contributed by atoms with Crippen LogP contribution in [0.2, 0.25) is 0 Å². The largest absolute Gasteiger partial charge is 0.454 e. The van der Waals surface area contributed by atoms with E-state index < -0.39 is 11.9 Å². The number of nitrogens with zero attached hydrogens (tertiary/aromatic N) is 1. The summed E-state index contributed by atoms with van der Waals surface area (Å²) >= 11 is 0. The van der Waals surface area contributed by atoms with Crippen LogP contribution in [0.15, 0.2) is 54.7 Å². The minimum Gasteiger partial charge on any atom is -0.454 e. The van der Waals surface area contributed by atoms with E-state index >= 15 is 0 Å². The van der Waals surface area contributed by atoms with Crippen molar-refractivity contribution in [3.05, 3.63) is 66.1 Å². The maximum absolute atomic E-state index is 14.0. The van der Waals surface area contributed by atoms with Gasteiger partial charge in [0.2, 0.25) is 0 Å². The Balaban J connectivity index is 1.99. The average molecular weight is 283 g/mol. The molecule has 0 bridgehead atoms. The molecular formula is C17H14FNO2. The number of fused-ring (bicyclic) bond motifs is 1. The molecule has 0 unspecified atom stereocenters. The van der Waals surface area contributed by atoms with Crippen LogP contribution in [0, 0.1) is 5.82 Å². The van der Waals surface area contributed by atoms with Crippen LogP contribution < -0.4 is 4.74 Å². The highest BCUT2D eigenvalue weighted by molar-refractivity contribution is 5.85. The van der Waals surface area contributed by atoms with E-state index in [1.54, 1.807) is 25.3 Å². The van der Waals surface area contributed by atoms with E-state index in [9.17, 15) is 9.50 Å². The third-order valence-corrected chi connectivity index (χ3v) is 3.26. The standard InChI is InChI=1S/C17H14FNO2/c1-11(20)12-7-8-17(14(18)10-12)21-16-6-2-5-15-13(16)4-3-9-19-15/h2-11,20H,1H3/t11-/m0/s1. The number of hydrogen-bond donors (Lipinski definition) is 1. The second-order valence-electron chi connectivity index (χ2n) is 4.79. The molecule has 4 heteroatoms. The fraction of sp³-hybridized carbons (Fsp3) is 0.118. The maximum atomic E-state index is 14.0. The third-order valence-electron chi connectivity index (χ3n) is 3.26. The van der Waals surface area contributed by atoms with Crippen molar-refractivity contribution in [2.24, 2.45) is 0 Å². The Morgan fingerprint density at radius 1 is 1.10 bits per heavy atom. The molecule has 0 aliphatic rings. The van der Waals surface area contributed by atoms with Crippen LogP contribution in [0.25, 0.3) is 10.9 Å². The van der Waals surface area contributed by atoms with Crippen LogP contribution in [0.1, 0.15) is 18.6 Å². The number of aliphatic hydroxyl groups excluding tert-OH is 1. The summed E-state index contributed by atoms with van der Waals surface area (Å²) in [6.07, 6.45) is 0.986. The molecule has 0 fully saturated rings. The summed E-state index contributed by atoms with van der Waals surface area (Å²) in [5.74, 6) is 0.161. The van der Waals surface area contributed by atoms with Crippen molar-refractivity contribution < 1.29 is 14.2 Å². The Morgan fingerprint density at radius 3 is 2.71 bits per heavy atom. The Hall–Kier alpha value is -2.46. The van der Waals surface area contributed by atoms with Gasteiger partial charge >= 0.3 is 0 Å². The molecule has 106 valence electrons. The first kappa shape index (κ1) is 13.5. The molecule has 3 rings (SSSR count). The van der Waals surface area contributed by atoms with Crippen molar-refractivity contribution in [2.75, 3.05) is 0 Å². The topological polar surface area (TPSA) is 42.4 Å². The van der Waals surface area contributed by atoms with Gasteiger partial charge in [0.1, 0.15) is 5.75 Å². The number of rotatable bonds is 3. The first-order valence-electron chi connectivity index (χ1n) is 6.64. The van der Waals surface area contributed by atoms with E-state index in [1.165, 1.54) is 12.1 Å². The molecule has 21 heavy (non-hydrogen) atoms. The van der Waals surface area contributed by atoms with Gasteiger partial charge in [-0.2, -0.15) is 0 Å². The number of ether oxygens (including phenoxy) is 1. The fourth-order valence-corrected chi connectivity index (χ4v) is 2.14. The minimum atomic E-state index is -0.713. The average Bonchev–Trinajstić information content (AvgIpc) is 2.49. The summed E-state index contributed by atoms with van der Waals surface area (Å²) in [5, 5.41) is 10.3. The van der Waals surface area contributed by atoms with Crippen molar-refractivity contribution in [3.8, 4) is 11.5 Å². The predicted molar refractivity (Wildman–Crippen MR) is 78.9 cm³/mol. The van der Waals surface area contributed by atoms with Crippen LogP contribution in [-0.4, -0.2) is 10.1 Å². The molecule has 1 aromatic heterocycles. The van der Waals surface area contributed by atoms with Gasteiger partial charge in [-0.05, 0) is 48.9 Å². The van der Waals surface area contributed by atoms with Crippen molar-refractivity contribution in [2.45, 2.75) is 13.0 Å². The van der Waals surface area contributed by atoms with Gasteiger partial charge in [0.25, 0.3) is 0 Å². The Labute approximate surface area is 121 Å². The number of hydrogen-bond acceptors (Lipinski definition) is 3.